The lowest BCUT2D eigenvalue weighted by atomic mass is 10.0. The molecule has 0 fully saturated rings. The molecule has 0 bridgehead atoms. The van der Waals surface area contributed by atoms with Crippen molar-refractivity contribution in [3.8, 4) is 0 Å². The van der Waals surface area contributed by atoms with Crippen LogP contribution in [0.5, 0.6) is 0 Å². The number of benzene rings is 1. The maximum absolute atomic E-state index is 13.6. The molecule has 7 heteroatoms. The summed E-state index contributed by atoms with van der Waals surface area (Å²) in [6.45, 7) is 1.64. The van der Waals surface area contributed by atoms with Crippen molar-refractivity contribution in [3.63, 3.8) is 0 Å². The van der Waals surface area contributed by atoms with Gasteiger partial charge in [-0.15, -0.1) is 11.3 Å². The highest BCUT2D eigenvalue weighted by Crippen LogP contribution is 2.33. The zero-order valence-electron chi connectivity index (χ0n) is 9.61. The van der Waals surface area contributed by atoms with E-state index in [0.717, 1.165) is 11.3 Å². The molecule has 0 amide bonds. The second kappa shape index (κ2) is 4.90. The van der Waals surface area contributed by atoms with E-state index in [1.54, 1.807) is 18.4 Å². The van der Waals surface area contributed by atoms with Crippen molar-refractivity contribution >= 4 is 11.3 Å². The molecule has 1 nitrogen and oxygen atoms in total. The Kier molecular flexibility index (Phi) is 3.60. The first-order valence-corrected chi connectivity index (χ1v) is 6.05. The van der Waals surface area contributed by atoms with Crippen molar-refractivity contribution in [2.24, 2.45) is 5.73 Å². The number of hydrogen-bond donors (Lipinski definition) is 1. The average Bonchev–Trinajstić information content (AvgIpc) is 2.80. The Hall–Kier alpha value is -1.47. The molecule has 1 unspecified atom stereocenters. The highest BCUT2D eigenvalue weighted by atomic mass is 32.1. The van der Waals surface area contributed by atoms with Crippen molar-refractivity contribution in [1.29, 1.82) is 0 Å². The maximum Gasteiger partial charge on any atom is 0.200 e. The molecule has 19 heavy (non-hydrogen) atoms. The molecule has 2 rings (SSSR count). The van der Waals surface area contributed by atoms with Gasteiger partial charge in [0.2, 0.25) is 5.82 Å². The molecule has 0 aliphatic carbocycles. The van der Waals surface area contributed by atoms with Gasteiger partial charge in [-0.2, -0.15) is 0 Å². The molecule has 1 aromatic heterocycles. The van der Waals surface area contributed by atoms with Gasteiger partial charge in [0.25, 0.3) is 0 Å². The van der Waals surface area contributed by atoms with Crippen LogP contribution in [-0.2, 0) is 0 Å². The van der Waals surface area contributed by atoms with Crippen LogP contribution in [0.15, 0.2) is 11.4 Å². The van der Waals surface area contributed by atoms with Crippen LogP contribution in [-0.4, -0.2) is 0 Å². The fourth-order valence-electron chi connectivity index (χ4n) is 1.73. The molecule has 0 aliphatic heterocycles. The zero-order valence-corrected chi connectivity index (χ0v) is 10.4. The van der Waals surface area contributed by atoms with Gasteiger partial charge in [-0.05, 0) is 23.9 Å². The van der Waals surface area contributed by atoms with Gasteiger partial charge in [-0.25, -0.2) is 22.0 Å². The lowest BCUT2D eigenvalue weighted by Gasteiger charge is -2.15. The lowest BCUT2D eigenvalue weighted by Crippen LogP contribution is -2.18. The summed E-state index contributed by atoms with van der Waals surface area (Å²) in [5.74, 6) is -9.95. The predicted molar refractivity (Wildman–Crippen MR) is 61.3 cm³/mol. The third-order valence-electron chi connectivity index (χ3n) is 2.74. The van der Waals surface area contributed by atoms with Gasteiger partial charge in [-0.1, -0.05) is 0 Å². The minimum Gasteiger partial charge on any atom is -0.319 e. The van der Waals surface area contributed by atoms with E-state index in [1.165, 1.54) is 0 Å². The Bertz CT molecular complexity index is 608. The molecule has 1 aromatic carbocycles. The molecule has 0 aliphatic rings. The molecular weight excluding hydrogens is 285 g/mol. The predicted octanol–water partition coefficient (Wildman–Crippen LogP) is 3.80. The first kappa shape index (κ1) is 14.0. The van der Waals surface area contributed by atoms with Gasteiger partial charge in [0.05, 0.1) is 11.6 Å². The SMILES string of the molecule is Cc1ccsc1C(N)c1c(F)c(F)c(F)c(F)c1F. The summed E-state index contributed by atoms with van der Waals surface area (Å²) in [4.78, 5) is 0.350. The van der Waals surface area contributed by atoms with Gasteiger partial charge in [-0.3, -0.25) is 0 Å². The summed E-state index contributed by atoms with van der Waals surface area (Å²) in [5.41, 5.74) is 5.24. The second-order valence-electron chi connectivity index (χ2n) is 3.93. The Labute approximate surface area is 109 Å². The summed E-state index contributed by atoms with van der Waals surface area (Å²) in [6, 6.07) is 0.246. The number of nitrogens with two attached hydrogens (primary N) is 1. The molecule has 0 saturated heterocycles. The molecular formula is C12H8F5NS. The molecule has 0 spiro atoms. The first-order valence-electron chi connectivity index (χ1n) is 5.17. The Morgan fingerprint density at radius 1 is 0.947 bits per heavy atom. The van der Waals surface area contributed by atoms with Gasteiger partial charge >= 0.3 is 0 Å². The quantitative estimate of drug-likeness (QED) is 0.509. The van der Waals surface area contributed by atoms with E-state index in [9.17, 15) is 22.0 Å². The van der Waals surface area contributed by atoms with Crippen LogP contribution < -0.4 is 5.73 Å². The van der Waals surface area contributed by atoms with Crippen LogP contribution in [0.3, 0.4) is 0 Å². The van der Waals surface area contributed by atoms with E-state index < -0.39 is 40.7 Å². The minimum atomic E-state index is -2.19. The lowest BCUT2D eigenvalue weighted by molar-refractivity contribution is 0.367. The van der Waals surface area contributed by atoms with Crippen molar-refractivity contribution in [2.45, 2.75) is 13.0 Å². The largest absolute Gasteiger partial charge is 0.319 e. The molecule has 2 aromatic rings. The molecule has 0 radical (unpaired) electrons. The van der Waals surface area contributed by atoms with E-state index in [2.05, 4.69) is 0 Å². The summed E-state index contributed by atoms with van der Waals surface area (Å²) in [7, 11) is 0. The third-order valence-corrected chi connectivity index (χ3v) is 3.84. The zero-order chi connectivity index (χ0) is 14.3. The van der Waals surface area contributed by atoms with E-state index in [0.29, 0.717) is 10.4 Å². The van der Waals surface area contributed by atoms with Gasteiger partial charge < -0.3 is 5.73 Å². The number of aryl methyl sites for hydroxylation is 1. The van der Waals surface area contributed by atoms with Crippen LogP contribution >= 0.6 is 11.3 Å². The fourth-order valence-corrected chi connectivity index (χ4v) is 2.67. The van der Waals surface area contributed by atoms with E-state index >= 15 is 0 Å². The molecule has 2 N–H and O–H groups in total. The van der Waals surface area contributed by atoms with Crippen LogP contribution in [0.2, 0.25) is 0 Å². The van der Waals surface area contributed by atoms with Crippen LogP contribution in [0.4, 0.5) is 22.0 Å². The average molecular weight is 293 g/mol. The fraction of sp³-hybridized carbons (Fsp3) is 0.167. The summed E-state index contributed by atoms with van der Waals surface area (Å²) in [5, 5.41) is 1.62. The van der Waals surface area contributed by atoms with Crippen molar-refractivity contribution < 1.29 is 22.0 Å². The Balaban J connectivity index is 2.67. The second-order valence-corrected chi connectivity index (χ2v) is 4.88. The number of halogens is 5. The third kappa shape index (κ3) is 2.12. The van der Waals surface area contributed by atoms with Crippen LogP contribution in [0, 0.1) is 36.0 Å². The smallest absolute Gasteiger partial charge is 0.200 e. The minimum absolute atomic E-state index is 0.350. The van der Waals surface area contributed by atoms with E-state index in [4.69, 9.17) is 5.73 Å². The van der Waals surface area contributed by atoms with E-state index in [1.807, 2.05) is 0 Å². The Morgan fingerprint density at radius 2 is 1.42 bits per heavy atom. The number of hydrogen-bond acceptors (Lipinski definition) is 2. The first-order chi connectivity index (χ1) is 8.86. The van der Waals surface area contributed by atoms with Gasteiger partial charge in [0.15, 0.2) is 23.3 Å². The van der Waals surface area contributed by atoms with Crippen molar-refractivity contribution in [3.05, 3.63) is 56.5 Å². The van der Waals surface area contributed by atoms with Crippen molar-refractivity contribution in [1.82, 2.24) is 0 Å². The molecule has 1 atom stereocenters. The number of thiophene rings is 1. The highest BCUT2D eigenvalue weighted by molar-refractivity contribution is 7.10. The van der Waals surface area contributed by atoms with Gasteiger partial charge in [0, 0.05) is 4.88 Å². The summed E-state index contributed by atoms with van der Waals surface area (Å²) in [6.07, 6.45) is 0. The molecule has 0 saturated carbocycles. The molecule has 102 valence electrons. The number of rotatable bonds is 2. The summed E-state index contributed by atoms with van der Waals surface area (Å²) < 4.78 is 66.3. The standard InChI is InChI=1S/C12H8F5NS/c1-4-2-3-19-12(4)11(18)5-6(13)8(15)10(17)9(16)7(5)14/h2-3,11H,18H2,1H3. The normalized spacial score (nSPS) is 12.8. The van der Waals surface area contributed by atoms with Gasteiger partial charge in [0.1, 0.15) is 0 Å². The molecule has 1 heterocycles. The van der Waals surface area contributed by atoms with Crippen LogP contribution in [0.1, 0.15) is 22.0 Å². The maximum atomic E-state index is 13.6. The van der Waals surface area contributed by atoms with Crippen LogP contribution in [0.25, 0.3) is 0 Å². The summed E-state index contributed by atoms with van der Waals surface area (Å²) >= 11 is 1.09. The van der Waals surface area contributed by atoms with Crippen molar-refractivity contribution in [2.75, 3.05) is 0 Å². The van der Waals surface area contributed by atoms with E-state index in [-0.39, 0.29) is 0 Å². The Morgan fingerprint density at radius 3 is 1.84 bits per heavy atom. The monoisotopic (exact) mass is 293 g/mol. The highest BCUT2D eigenvalue weighted by Gasteiger charge is 2.30. The topological polar surface area (TPSA) is 26.0 Å².